The zero-order chi connectivity index (χ0) is 15.0. The Bertz CT molecular complexity index is 443. The molecular formula is C15H23N3O2. The van der Waals surface area contributed by atoms with Gasteiger partial charge in [-0.1, -0.05) is 17.7 Å². The first-order valence-corrected chi connectivity index (χ1v) is 6.88. The molecule has 20 heavy (non-hydrogen) atoms. The first-order chi connectivity index (χ1) is 9.49. The first-order valence-electron chi connectivity index (χ1n) is 6.88. The molecule has 0 aliphatic carbocycles. The molecule has 1 atom stereocenters. The van der Waals surface area contributed by atoms with Crippen molar-refractivity contribution in [1.82, 2.24) is 5.32 Å². The van der Waals surface area contributed by atoms with Gasteiger partial charge < -0.3 is 16.4 Å². The van der Waals surface area contributed by atoms with Crippen LogP contribution in [0.3, 0.4) is 0 Å². The highest BCUT2D eigenvalue weighted by Crippen LogP contribution is 2.08. The highest BCUT2D eigenvalue weighted by molar-refractivity contribution is 5.94. The van der Waals surface area contributed by atoms with Gasteiger partial charge >= 0.3 is 0 Å². The summed E-state index contributed by atoms with van der Waals surface area (Å²) < 4.78 is 0. The second kappa shape index (κ2) is 8.32. The lowest BCUT2D eigenvalue weighted by Crippen LogP contribution is -2.38. The Balaban J connectivity index is 2.25. The van der Waals surface area contributed by atoms with Crippen LogP contribution in [-0.4, -0.2) is 24.4 Å². The van der Waals surface area contributed by atoms with E-state index in [1.165, 1.54) is 0 Å². The third-order valence-corrected chi connectivity index (χ3v) is 3.01. The molecule has 0 spiro atoms. The zero-order valence-corrected chi connectivity index (χ0v) is 12.1. The molecule has 4 N–H and O–H groups in total. The molecule has 1 aromatic rings. The van der Waals surface area contributed by atoms with E-state index in [0.717, 1.165) is 24.1 Å². The predicted molar refractivity (Wildman–Crippen MR) is 80.3 cm³/mol. The minimum absolute atomic E-state index is 0.0660. The number of hydrogen-bond acceptors (Lipinski definition) is 3. The van der Waals surface area contributed by atoms with Gasteiger partial charge in [-0.2, -0.15) is 0 Å². The van der Waals surface area contributed by atoms with Gasteiger partial charge in [-0.15, -0.1) is 0 Å². The molecule has 5 nitrogen and oxygen atoms in total. The van der Waals surface area contributed by atoms with Crippen molar-refractivity contribution in [2.45, 2.75) is 39.2 Å². The molecule has 1 aromatic carbocycles. The highest BCUT2D eigenvalue weighted by Gasteiger charge is 2.11. The summed E-state index contributed by atoms with van der Waals surface area (Å²) >= 11 is 0. The van der Waals surface area contributed by atoms with Crippen LogP contribution in [0.5, 0.6) is 0 Å². The molecule has 2 amide bonds. The van der Waals surface area contributed by atoms with Crippen LogP contribution in [0, 0.1) is 6.92 Å². The second-order valence-corrected chi connectivity index (χ2v) is 4.95. The molecule has 1 unspecified atom stereocenters. The van der Waals surface area contributed by atoms with E-state index in [0.29, 0.717) is 13.0 Å². The van der Waals surface area contributed by atoms with E-state index in [1.54, 1.807) is 0 Å². The molecule has 0 saturated heterocycles. The Morgan fingerprint density at radius 1 is 1.20 bits per heavy atom. The number of carbonyl (C=O) groups is 2. The van der Waals surface area contributed by atoms with Crippen molar-refractivity contribution in [1.29, 1.82) is 0 Å². The number of nitrogens with one attached hydrogen (secondary N) is 2. The Morgan fingerprint density at radius 3 is 2.45 bits per heavy atom. The summed E-state index contributed by atoms with van der Waals surface area (Å²) in [5.41, 5.74) is 7.01. The number of unbranched alkanes of at least 4 members (excludes halogenated alkanes) is 1. The average molecular weight is 277 g/mol. The molecule has 0 aliphatic heterocycles. The molecule has 0 heterocycles. The van der Waals surface area contributed by atoms with E-state index < -0.39 is 0 Å². The summed E-state index contributed by atoms with van der Waals surface area (Å²) in [4.78, 5) is 22.5. The monoisotopic (exact) mass is 277 g/mol. The van der Waals surface area contributed by atoms with Crippen molar-refractivity contribution in [3.05, 3.63) is 29.8 Å². The SMILES string of the molecule is Cc1ccc(NC(=O)C(C)NCCCCC(N)=O)cc1. The quantitative estimate of drug-likeness (QED) is 0.631. The van der Waals surface area contributed by atoms with Crippen molar-refractivity contribution in [2.24, 2.45) is 5.73 Å². The van der Waals surface area contributed by atoms with Crippen LogP contribution in [0.25, 0.3) is 0 Å². The number of aryl methyl sites for hydroxylation is 1. The van der Waals surface area contributed by atoms with Crippen molar-refractivity contribution in [2.75, 3.05) is 11.9 Å². The molecule has 0 bridgehead atoms. The van der Waals surface area contributed by atoms with Crippen LogP contribution in [-0.2, 0) is 9.59 Å². The van der Waals surface area contributed by atoms with E-state index in [-0.39, 0.29) is 17.9 Å². The minimum atomic E-state index is -0.282. The summed E-state index contributed by atoms with van der Waals surface area (Å²) in [7, 11) is 0. The van der Waals surface area contributed by atoms with Crippen LogP contribution in [0.2, 0.25) is 0 Å². The molecule has 0 aromatic heterocycles. The molecular weight excluding hydrogens is 254 g/mol. The summed E-state index contributed by atoms with van der Waals surface area (Å²) in [5, 5.41) is 5.98. The number of benzene rings is 1. The Labute approximate surface area is 119 Å². The molecule has 5 heteroatoms. The summed E-state index contributed by atoms with van der Waals surface area (Å²) in [6, 6.07) is 7.40. The van der Waals surface area contributed by atoms with E-state index in [9.17, 15) is 9.59 Å². The van der Waals surface area contributed by atoms with Crippen molar-refractivity contribution in [3.8, 4) is 0 Å². The van der Waals surface area contributed by atoms with Gasteiger partial charge in [-0.3, -0.25) is 9.59 Å². The number of amides is 2. The largest absolute Gasteiger partial charge is 0.370 e. The van der Waals surface area contributed by atoms with Crippen molar-refractivity contribution < 1.29 is 9.59 Å². The van der Waals surface area contributed by atoms with Gasteiger partial charge in [0.1, 0.15) is 0 Å². The number of anilines is 1. The molecule has 0 fully saturated rings. The molecule has 0 aliphatic rings. The van der Waals surface area contributed by atoms with Crippen LogP contribution < -0.4 is 16.4 Å². The van der Waals surface area contributed by atoms with Gasteiger partial charge in [0, 0.05) is 12.1 Å². The fourth-order valence-corrected chi connectivity index (χ4v) is 1.72. The normalized spacial score (nSPS) is 11.9. The van der Waals surface area contributed by atoms with Crippen LogP contribution >= 0.6 is 0 Å². The number of hydrogen-bond donors (Lipinski definition) is 3. The Kier molecular flexibility index (Phi) is 6.73. The minimum Gasteiger partial charge on any atom is -0.370 e. The number of rotatable bonds is 8. The van der Waals surface area contributed by atoms with E-state index >= 15 is 0 Å². The summed E-state index contributed by atoms with van der Waals surface area (Å²) in [5.74, 6) is -0.348. The third kappa shape index (κ3) is 6.33. The fraction of sp³-hybridized carbons (Fsp3) is 0.467. The highest BCUT2D eigenvalue weighted by atomic mass is 16.2. The van der Waals surface area contributed by atoms with Crippen LogP contribution in [0.15, 0.2) is 24.3 Å². The van der Waals surface area contributed by atoms with Crippen LogP contribution in [0.4, 0.5) is 5.69 Å². The standard InChI is InChI=1S/C15H23N3O2/c1-11-6-8-13(9-7-11)18-15(20)12(2)17-10-4-3-5-14(16)19/h6-9,12,17H,3-5,10H2,1-2H3,(H2,16,19)(H,18,20). The lowest BCUT2D eigenvalue weighted by atomic mass is 10.2. The maximum atomic E-state index is 11.9. The van der Waals surface area contributed by atoms with Crippen molar-refractivity contribution in [3.63, 3.8) is 0 Å². The van der Waals surface area contributed by atoms with E-state index in [2.05, 4.69) is 10.6 Å². The first kappa shape index (κ1) is 16.2. The van der Waals surface area contributed by atoms with Gasteiger partial charge in [0.15, 0.2) is 0 Å². The van der Waals surface area contributed by atoms with Gasteiger partial charge in [0.2, 0.25) is 11.8 Å². The van der Waals surface area contributed by atoms with Gasteiger partial charge in [-0.05, 0) is 45.4 Å². The topological polar surface area (TPSA) is 84.2 Å². The van der Waals surface area contributed by atoms with E-state index in [4.69, 9.17) is 5.73 Å². The smallest absolute Gasteiger partial charge is 0.241 e. The Hall–Kier alpha value is -1.88. The average Bonchev–Trinajstić information content (AvgIpc) is 2.40. The lowest BCUT2D eigenvalue weighted by molar-refractivity contribution is -0.119. The third-order valence-electron chi connectivity index (χ3n) is 3.01. The maximum Gasteiger partial charge on any atom is 0.241 e. The van der Waals surface area contributed by atoms with Crippen LogP contribution in [0.1, 0.15) is 31.7 Å². The number of carbonyl (C=O) groups excluding carboxylic acids is 2. The van der Waals surface area contributed by atoms with E-state index in [1.807, 2.05) is 38.1 Å². The molecule has 0 radical (unpaired) electrons. The molecule has 110 valence electrons. The lowest BCUT2D eigenvalue weighted by Gasteiger charge is -2.14. The van der Waals surface area contributed by atoms with Gasteiger partial charge in [0.05, 0.1) is 6.04 Å². The maximum absolute atomic E-state index is 11.9. The number of primary amides is 1. The molecule has 0 saturated carbocycles. The van der Waals surface area contributed by atoms with Crippen molar-refractivity contribution >= 4 is 17.5 Å². The second-order valence-electron chi connectivity index (χ2n) is 4.95. The predicted octanol–water partition coefficient (Wildman–Crippen LogP) is 1.57. The fourth-order valence-electron chi connectivity index (χ4n) is 1.72. The van der Waals surface area contributed by atoms with Gasteiger partial charge in [-0.25, -0.2) is 0 Å². The summed E-state index contributed by atoms with van der Waals surface area (Å²) in [6.45, 7) is 4.51. The zero-order valence-electron chi connectivity index (χ0n) is 12.1. The summed E-state index contributed by atoms with van der Waals surface area (Å²) in [6.07, 6.45) is 1.96. The van der Waals surface area contributed by atoms with Gasteiger partial charge in [0.25, 0.3) is 0 Å². The number of nitrogens with two attached hydrogens (primary N) is 1. The molecule has 1 rings (SSSR count). The Morgan fingerprint density at radius 2 is 1.85 bits per heavy atom.